The molecule has 0 aliphatic carbocycles. The molecule has 0 radical (unpaired) electrons. The maximum absolute atomic E-state index is 12.3. The van der Waals surface area contributed by atoms with Crippen LogP contribution in [0.5, 0.6) is 0 Å². The quantitative estimate of drug-likeness (QED) is 0.778. The highest BCUT2D eigenvalue weighted by atomic mass is 32.2. The molecule has 0 aliphatic rings. The van der Waals surface area contributed by atoms with E-state index in [1.807, 2.05) is 37.3 Å². The van der Waals surface area contributed by atoms with E-state index in [2.05, 4.69) is 4.72 Å². The predicted molar refractivity (Wildman–Crippen MR) is 97.7 cm³/mol. The predicted octanol–water partition coefficient (Wildman–Crippen LogP) is 3.78. The lowest BCUT2D eigenvalue weighted by Crippen LogP contribution is -2.30. The molecule has 0 fully saturated rings. The largest absolute Gasteiger partial charge is 0.268 e. The topological polar surface area (TPSA) is 63.2 Å². The second-order valence-corrected chi connectivity index (χ2v) is 7.37. The van der Waals surface area contributed by atoms with Gasteiger partial charge in [0.2, 0.25) is 0 Å². The van der Waals surface area contributed by atoms with Crippen LogP contribution in [0.2, 0.25) is 0 Å². The van der Waals surface area contributed by atoms with Crippen LogP contribution in [0, 0.1) is 6.92 Å². The number of hydrogen-bond donors (Lipinski definition) is 1. The Morgan fingerprint density at radius 3 is 1.92 bits per heavy atom. The van der Waals surface area contributed by atoms with Gasteiger partial charge in [-0.3, -0.25) is 4.79 Å². The van der Waals surface area contributed by atoms with Crippen molar-refractivity contribution in [3.05, 3.63) is 90.0 Å². The van der Waals surface area contributed by atoms with E-state index in [1.165, 1.54) is 12.1 Å². The van der Waals surface area contributed by atoms with Crippen LogP contribution in [0.4, 0.5) is 0 Å². The fraction of sp³-hybridized carbons (Fsp3) is 0.0500. The summed E-state index contributed by atoms with van der Waals surface area (Å²) in [5.41, 5.74) is 3.22. The minimum Gasteiger partial charge on any atom is -0.268 e. The number of carbonyl (C=O) groups excluding carboxylic acids is 1. The SMILES string of the molecule is Cc1ccc(S(=O)(=O)NC(=O)c2ccc(-c3ccccc3)cc2)cc1. The normalized spacial score (nSPS) is 11.1. The highest BCUT2D eigenvalue weighted by Gasteiger charge is 2.18. The summed E-state index contributed by atoms with van der Waals surface area (Å²) in [6, 6.07) is 22.9. The number of amides is 1. The average molecular weight is 351 g/mol. The molecule has 0 aliphatic heterocycles. The van der Waals surface area contributed by atoms with Gasteiger partial charge in [-0.05, 0) is 42.3 Å². The molecule has 126 valence electrons. The van der Waals surface area contributed by atoms with E-state index in [1.54, 1.807) is 36.4 Å². The number of hydrogen-bond acceptors (Lipinski definition) is 3. The Hall–Kier alpha value is -2.92. The van der Waals surface area contributed by atoms with E-state index in [4.69, 9.17) is 0 Å². The van der Waals surface area contributed by atoms with Crippen LogP contribution in [-0.4, -0.2) is 14.3 Å². The molecule has 0 saturated carbocycles. The molecular weight excluding hydrogens is 334 g/mol. The standard InChI is InChI=1S/C20H17NO3S/c1-15-7-13-19(14-8-15)25(23,24)21-20(22)18-11-9-17(10-12-18)16-5-3-2-4-6-16/h2-14H,1H3,(H,21,22). The van der Waals surface area contributed by atoms with Gasteiger partial charge in [0.15, 0.2) is 0 Å². The van der Waals surface area contributed by atoms with Gasteiger partial charge in [-0.15, -0.1) is 0 Å². The van der Waals surface area contributed by atoms with E-state index in [0.717, 1.165) is 16.7 Å². The number of aryl methyl sites for hydroxylation is 1. The van der Waals surface area contributed by atoms with Crippen LogP contribution < -0.4 is 4.72 Å². The number of rotatable bonds is 4. The zero-order chi connectivity index (χ0) is 17.9. The van der Waals surface area contributed by atoms with Crippen molar-refractivity contribution in [1.29, 1.82) is 0 Å². The van der Waals surface area contributed by atoms with E-state index >= 15 is 0 Å². The molecule has 5 heteroatoms. The lowest BCUT2D eigenvalue weighted by Gasteiger charge is -2.08. The first kappa shape index (κ1) is 16.9. The van der Waals surface area contributed by atoms with Crippen molar-refractivity contribution in [3.8, 4) is 11.1 Å². The Bertz CT molecular complexity index is 977. The maximum atomic E-state index is 12.3. The second-order valence-electron chi connectivity index (χ2n) is 5.69. The van der Waals surface area contributed by atoms with Crippen LogP contribution in [0.1, 0.15) is 15.9 Å². The summed E-state index contributed by atoms with van der Waals surface area (Å²) in [6.07, 6.45) is 0. The first-order valence-electron chi connectivity index (χ1n) is 7.75. The van der Waals surface area contributed by atoms with Gasteiger partial charge in [0, 0.05) is 5.56 Å². The summed E-state index contributed by atoms with van der Waals surface area (Å²) < 4.78 is 26.7. The maximum Gasteiger partial charge on any atom is 0.264 e. The third kappa shape index (κ3) is 3.95. The van der Waals surface area contributed by atoms with E-state index in [0.29, 0.717) is 0 Å². The molecule has 0 bridgehead atoms. The number of sulfonamides is 1. The summed E-state index contributed by atoms with van der Waals surface area (Å²) in [6.45, 7) is 1.86. The highest BCUT2D eigenvalue weighted by molar-refractivity contribution is 7.90. The summed E-state index contributed by atoms with van der Waals surface area (Å²) in [5, 5.41) is 0. The van der Waals surface area contributed by atoms with Gasteiger partial charge in [-0.1, -0.05) is 60.2 Å². The Kier molecular flexibility index (Phi) is 4.67. The fourth-order valence-corrected chi connectivity index (χ4v) is 3.38. The van der Waals surface area contributed by atoms with Crippen LogP contribution in [0.15, 0.2) is 83.8 Å². The first-order chi connectivity index (χ1) is 12.0. The lowest BCUT2D eigenvalue weighted by atomic mass is 10.0. The third-order valence-corrected chi connectivity index (χ3v) is 5.16. The van der Waals surface area contributed by atoms with Crippen molar-refractivity contribution >= 4 is 15.9 Å². The molecule has 0 atom stereocenters. The Morgan fingerprint density at radius 2 is 1.32 bits per heavy atom. The van der Waals surface area contributed by atoms with Gasteiger partial charge < -0.3 is 0 Å². The van der Waals surface area contributed by atoms with Gasteiger partial charge in [-0.2, -0.15) is 0 Å². The van der Waals surface area contributed by atoms with Crippen molar-refractivity contribution in [2.45, 2.75) is 11.8 Å². The number of benzene rings is 3. The molecule has 0 saturated heterocycles. The first-order valence-corrected chi connectivity index (χ1v) is 9.23. The molecule has 0 unspecified atom stereocenters. The molecule has 0 heterocycles. The summed E-state index contributed by atoms with van der Waals surface area (Å²) in [4.78, 5) is 12.3. The smallest absolute Gasteiger partial charge is 0.264 e. The molecular formula is C20H17NO3S. The van der Waals surface area contributed by atoms with Crippen molar-refractivity contribution < 1.29 is 13.2 Å². The van der Waals surface area contributed by atoms with Crippen molar-refractivity contribution in [2.24, 2.45) is 0 Å². The minimum absolute atomic E-state index is 0.0624. The molecule has 3 aromatic carbocycles. The van der Waals surface area contributed by atoms with Crippen molar-refractivity contribution in [3.63, 3.8) is 0 Å². The highest BCUT2D eigenvalue weighted by Crippen LogP contribution is 2.19. The minimum atomic E-state index is -3.89. The Balaban J connectivity index is 1.78. The zero-order valence-corrected chi connectivity index (χ0v) is 14.5. The van der Waals surface area contributed by atoms with Gasteiger partial charge in [0.25, 0.3) is 15.9 Å². The number of carbonyl (C=O) groups is 1. The summed E-state index contributed by atoms with van der Waals surface area (Å²) in [5.74, 6) is -0.653. The van der Waals surface area contributed by atoms with Crippen LogP contribution in [-0.2, 0) is 10.0 Å². The third-order valence-electron chi connectivity index (χ3n) is 3.81. The molecule has 1 amide bonds. The zero-order valence-electron chi connectivity index (χ0n) is 13.6. The van der Waals surface area contributed by atoms with Gasteiger partial charge in [-0.25, -0.2) is 13.1 Å². The van der Waals surface area contributed by atoms with Crippen molar-refractivity contribution in [2.75, 3.05) is 0 Å². The van der Waals surface area contributed by atoms with E-state index in [9.17, 15) is 13.2 Å². The van der Waals surface area contributed by atoms with E-state index < -0.39 is 15.9 Å². The second kappa shape index (κ2) is 6.91. The monoisotopic (exact) mass is 351 g/mol. The number of nitrogens with one attached hydrogen (secondary N) is 1. The van der Waals surface area contributed by atoms with Gasteiger partial charge in [0.1, 0.15) is 0 Å². The van der Waals surface area contributed by atoms with Gasteiger partial charge >= 0.3 is 0 Å². The summed E-state index contributed by atoms with van der Waals surface area (Å²) >= 11 is 0. The average Bonchev–Trinajstić information content (AvgIpc) is 2.62. The van der Waals surface area contributed by atoms with Crippen molar-refractivity contribution in [1.82, 2.24) is 4.72 Å². The molecule has 3 rings (SSSR count). The Morgan fingerprint density at radius 1 is 0.760 bits per heavy atom. The van der Waals surface area contributed by atoms with E-state index in [-0.39, 0.29) is 10.5 Å². The lowest BCUT2D eigenvalue weighted by molar-refractivity contribution is 0.0981. The van der Waals surface area contributed by atoms with Crippen LogP contribution in [0.3, 0.4) is 0 Å². The molecule has 4 nitrogen and oxygen atoms in total. The summed E-state index contributed by atoms with van der Waals surface area (Å²) in [7, 11) is -3.89. The van der Waals surface area contributed by atoms with Gasteiger partial charge in [0.05, 0.1) is 4.90 Å². The van der Waals surface area contributed by atoms with Crippen LogP contribution in [0.25, 0.3) is 11.1 Å². The van der Waals surface area contributed by atoms with Crippen LogP contribution >= 0.6 is 0 Å². The molecule has 1 N–H and O–H groups in total. The molecule has 0 aromatic heterocycles. The molecule has 3 aromatic rings. The Labute approximate surface area is 147 Å². The molecule has 0 spiro atoms. The fourth-order valence-electron chi connectivity index (χ4n) is 2.40. The molecule has 25 heavy (non-hydrogen) atoms.